The maximum atomic E-state index is 14.9. The number of hydrogen-bond donors (Lipinski definition) is 0. The summed E-state index contributed by atoms with van der Waals surface area (Å²) in [5, 5.41) is 9.06. The van der Waals surface area contributed by atoms with E-state index in [0.717, 1.165) is 22.1 Å². The van der Waals surface area contributed by atoms with Crippen molar-refractivity contribution in [1.29, 1.82) is 5.26 Å². The fraction of sp³-hybridized carbons (Fsp3) is 0.385. The molecule has 5 rings (SSSR count). The van der Waals surface area contributed by atoms with Gasteiger partial charge in [0.1, 0.15) is 17.9 Å². The van der Waals surface area contributed by atoms with Crippen LogP contribution < -0.4 is 4.90 Å². The zero-order valence-electron chi connectivity index (χ0n) is 19.4. The van der Waals surface area contributed by atoms with E-state index >= 15 is 0 Å². The lowest BCUT2D eigenvalue weighted by Gasteiger charge is -2.47. The van der Waals surface area contributed by atoms with Crippen molar-refractivity contribution in [3.63, 3.8) is 0 Å². The molecule has 3 fully saturated rings. The van der Waals surface area contributed by atoms with Gasteiger partial charge in [-0.3, -0.25) is 19.3 Å². The summed E-state index contributed by atoms with van der Waals surface area (Å²) >= 11 is 0. The molecule has 1 atom stereocenters. The summed E-state index contributed by atoms with van der Waals surface area (Å²) in [6.45, 7) is 2.93. The molecule has 0 saturated carbocycles. The van der Waals surface area contributed by atoms with Crippen LogP contribution in [-0.4, -0.2) is 65.9 Å². The lowest BCUT2D eigenvalue weighted by molar-refractivity contribution is -0.154. The molecule has 8 nitrogen and oxygen atoms in total. The van der Waals surface area contributed by atoms with Gasteiger partial charge in [0.2, 0.25) is 11.8 Å². The highest BCUT2D eigenvalue weighted by Crippen LogP contribution is 2.38. The molecule has 35 heavy (non-hydrogen) atoms. The number of benzene rings is 2. The molecule has 3 aliphatic heterocycles. The Morgan fingerprint density at radius 3 is 2.57 bits per heavy atom. The number of aryl methyl sites for hydroxylation is 1. The molecule has 0 N–H and O–H groups in total. The van der Waals surface area contributed by atoms with Crippen molar-refractivity contribution in [2.24, 2.45) is 5.92 Å². The number of anilines is 1. The lowest BCUT2D eigenvalue weighted by Crippen LogP contribution is -2.69. The Morgan fingerprint density at radius 2 is 1.94 bits per heavy atom. The number of halogens is 1. The van der Waals surface area contributed by atoms with Crippen LogP contribution in [0.25, 0.3) is 0 Å². The largest absolute Gasteiger partial charge is 0.380 e. The third-order valence-electron chi connectivity index (χ3n) is 7.13. The molecule has 3 saturated heterocycles. The van der Waals surface area contributed by atoms with Crippen LogP contribution in [0, 0.1) is 30.0 Å². The standard InChI is InChI=1S/C26H25FN4O4/c1-17-2-4-18(5-3-17)12-31-23(32)13-30(22-7-6-19(11-28)10-21(22)27)25(34)26(31)8-9-29(16-26)24(33)20-14-35-15-20/h2-7,10,20H,8-9,12-16H2,1H3/t26-/m1/s1. The second kappa shape index (κ2) is 8.78. The van der Waals surface area contributed by atoms with E-state index in [1.165, 1.54) is 12.1 Å². The van der Waals surface area contributed by atoms with Crippen LogP contribution in [0.1, 0.15) is 23.1 Å². The van der Waals surface area contributed by atoms with Gasteiger partial charge >= 0.3 is 0 Å². The van der Waals surface area contributed by atoms with Crippen molar-refractivity contribution in [3.05, 3.63) is 65.0 Å². The van der Waals surface area contributed by atoms with Gasteiger partial charge in [0.15, 0.2) is 0 Å². The number of rotatable bonds is 4. The molecule has 0 unspecified atom stereocenters. The van der Waals surface area contributed by atoms with Crippen LogP contribution >= 0.6 is 0 Å². The molecule has 0 bridgehead atoms. The number of amides is 3. The Balaban J connectivity index is 1.51. The van der Waals surface area contributed by atoms with E-state index < -0.39 is 17.3 Å². The van der Waals surface area contributed by atoms with Crippen molar-refractivity contribution >= 4 is 23.4 Å². The van der Waals surface area contributed by atoms with Gasteiger partial charge in [0.05, 0.1) is 43.0 Å². The van der Waals surface area contributed by atoms with Crippen LogP contribution in [0.2, 0.25) is 0 Å². The summed E-state index contributed by atoms with van der Waals surface area (Å²) < 4.78 is 20.1. The fourth-order valence-corrected chi connectivity index (χ4v) is 5.02. The quantitative estimate of drug-likeness (QED) is 0.673. The van der Waals surface area contributed by atoms with Crippen molar-refractivity contribution < 1.29 is 23.5 Å². The Morgan fingerprint density at radius 1 is 1.20 bits per heavy atom. The van der Waals surface area contributed by atoms with Gasteiger partial charge in [0, 0.05) is 13.1 Å². The van der Waals surface area contributed by atoms with E-state index in [0.29, 0.717) is 19.8 Å². The van der Waals surface area contributed by atoms with Crippen LogP contribution in [-0.2, 0) is 25.7 Å². The van der Waals surface area contributed by atoms with Gasteiger partial charge in [0.25, 0.3) is 5.91 Å². The van der Waals surface area contributed by atoms with Crippen molar-refractivity contribution in [3.8, 4) is 6.07 Å². The summed E-state index contributed by atoms with van der Waals surface area (Å²) in [5.41, 5.74) is 0.714. The molecule has 1 spiro atoms. The summed E-state index contributed by atoms with van der Waals surface area (Å²) in [4.78, 5) is 44.8. The summed E-state index contributed by atoms with van der Waals surface area (Å²) in [5.74, 6) is -1.82. The molecule has 3 aliphatic rings. The zero-order chi connectivity index (χ0) is 24.7. The van der Waals surface area contributed by atoms with Crippen molar-refractivity contribution in [1.82, 2.24) is 9.80 Å². The molecular weight excluding hydrogens is 451 g/mol. The normalized spacial score (nSPS) is 22.5. The molecule has 0 aliphatic carbocycles. The first kappa shape index (κ1) is 23.0. The average Bonchev–Trinajstić information content (AvgIpc) is 3.26. The first-order chi connectivity index (χ1) is 16.8. The van der Waals surface area contributed by atoms with Gasteiger partial charge in [-0.25, -0.2) is 4.39 Å². The monoisotopic (exact) mass is 476 g/mol. The molecule has 3 amide bonds. The van der Waals surface area contributed by atoms with Crippen LogP contribution in [0.3, 0.4) is 0 Å². The van der Waals surface area contributed by atoms with E-state index in [1.807, 2.05) is 37.3 Å². The lowest BCUT2D eigenvalue weighted by atomic mass is 9.89. The molecule has 0 aromatic heterocycles. The highest BCUT2D eigenvalue weighted by Gasteiger charge is 2.57. The van der Waals surface area contributed by atoms with Crippen LogP contribution in [0.5, 0.6) is 0 Å². The van der Waals surface area contributed by atoms with Gasteiger partial charge in [-0.15, -0.1) is 0 Å². The minimum absolute atomic E-state index is 0.0473. The maximum absolute atomic E-state index is 14.9. The van der Waals surface area contributed by atoms with Gasteiger partial charge < -0.3 is 14.5 Å². The highest BCUT2D eigenvalue weighted by molar-refractivity contribution is 6.10. The third kappa shape index (κ3) is 3.94. The molecule has 2 aromatic carbocycles. The van der Waals surface area contributed by atoms with E-state index in [9.17, 15) is 18.8 Å². The minimum atomic E-state index is -1.30. The number of ether oxygens (including phenoxy) is 1. The van der Waals surface area contributed by atoms with Crippen molar-refractivity contribution in [2.75, 3.05) is 37.7 Å². The number of piperazine rings is 1. The molecule has 2 aromatic rings. The third-order valence-corrected chi connectivity index (χ3v) is 7.13. The highest BCUT2D eigenvalue weighted by atomic mass is 19.1. The number of nitrogens with zero attached hydrogens (tertiary/aromatic N) is 4. The smallest absolute Gasteiger partial charge is 0.255 e. The molecular formula is C26H25FN4O4. The summed E-state index contributed by atoms with van der Waals surface area (Å²) in [6, 6.07) is 13.4. The number of carbonyl (C=O) groups excluding carboxylic acids is 3. The molecule has 9 heteroatoms. The Hall–Kier alpha value is -3.77. The van der Waals surface area contributed by atoms with Gasteiger partial charge in [-0.05, 0) is 37.1 Å². The molecule has 0 radical (unpaired) electrons. The topological polar surface area (TPSA) is 94.0 Å². The van der Waals surface area contributed by atoms with Crippen LogP contribution in [0.4, 0.5) is 10.1 Å². The molecule has 180 valence electrons. The predicted molar refractivity (Wildman–Crippen MR) is 123 cm³/mol. The summed E-state index contributed by atoms with van der Waals surface area (Å²) in [6.07, 6.45) is 0.261. The Labute approximate surface area is 202 Å². The zero-order valence-corrected chi connectivity index (χ0v) is 19.4. The first-order valence-electron chi connectivity index (χ1n) is 11.6. The average molecular weight is 477 g/mol. The van der Waals surface area contributed by atoms with Gasteiger partial charge in [-0.1, -0.05) is 29.8 Å². The SMILES string of the molecule is Cc1ccc(CN2C(=O)CN(c3ccc(C#N)cc3F)C(=O)[C@]23CCN(C(=O)C2COC2)C3)cc1. The Kier molecular flexibility index (Phi) is 5.77. The minimum Gasteiger partial charge on any atom is -0.380 e. The number of hydrogen-bond acceptors (Lipinski definition) is 5. The maximum Gasteiger partial charge on any atom is 0.255 e. The second-order valence-corrected chi connectivity index (χ2v) is 9.41. The van der Waals surface area contributed by atoms with Crippen molar-refractivity contribution in [2.45, 2.75) is 25.4 Å². The predicted octanol–water partition coefficient (Wildman–Crippen LogP) is 2.00. The number of nitriles is 1. The summed E-state index contributed by atoms with van der Waals surface area (Å²) in [7, 11) is 0. The first-order valence-corrected chi connectivity index (χ1v) is 11.6. The van der Waals surface area contributed by atoms with E-state index in [4.69, 9.17) is 10.00 Å². The number of likely N-dealkylation sites (tertiary alicyclic amines) is 1. The van der Waals surface area contributed by atoms with Crippen LogP contribution in [0.15, 0.2) is 42.5 Å². The Bertz CT molecular complexity index is 1240. The second-order valence-electron chi connectivity index (χ2n) is 9.41. The van der Waals surface area contributed by atoms with E-state index in [2.05, 4.69) is 0 Å². The number of carbonyl (C=O) groups is 3. The molecule has 3 heterocycles. The van der Waals surface area contributed by atoms with E-state index in [1.54, 1.807) is 9.80 Å². The van der Waals surface area contributed by atoms with E-state index in [-0.39, 0.29) is 55.0 Å². The fourth-order valence-electron chi connectivity index (χ4n) is 5.02. The van der Waals surface area contributed by atoms with Gasteiger partial charge in [-0.2, -0.15) is 5.26 Å².